The van der Waals surface area contributed by atoms with E-state index in [9.17, 15) is 4.79 Å². The second kappa shape index (κ2) is 5.33. The summed E-state index contributed by atoms with van der Waals surface area (Å²) in [5, 5.41) is 2.06. The van der Waals surface area contributed by atoms with Crippen molar-refractivity contribution < 1.29 is 9.53 Å². The SMILES string of the molecule is CC(C)(C)OC(=O)N1CCC(c2cnc3sccn23)CC1. The molecule has 1 amide bonds. The van der Waals surface area contributed by atoms with Crippen LogP contribution in [0.3, 0.4) is 0 Å². The van der Waals surface area contributed by atoms with Crippen LogP contribution in [-0.2, 0) is 4.74 Å². The molecule has 3 rings (SSSR count). The molecular weight excluding hydrogens is 286 g/mol. The van der Waals surface area contributed by atoms with Crippen molar-refractivity contribution >= 4 is 22.4 Å². The topological polar surface area (TPSA) is 46.8 Å². The molecule has 21 heavy (non-hydrogen) atoms. The maximum absolute atomic E-state index is 12.1. The summed E-state index contributed by atoms with van der Waals surface area (Å²) in [6.45, 7) is 7.19. The normalized spacial score (nSPS) is 17.4. The van der Waals surface area contributed by atoms with Crippen molar-refractivity contribution in [1.29, 1.82) is 0 Å². The number of fused-ring (bicyclic) bond motifs is 1. The molecule has 0 saturated carbocycles. The van der Waals surface area contributed by atoms with Crippen LogP contribution < -0.4 is 0 Å². The average Bonchev–Trinajstić information content (AvgIpc) is 2.99. The minimum atomic E-state index is -0.428. The van der Waals surface area contributed by atoms with Gasteiger partial charge in [-0.05, 0) is 33.6 Å². The maximum atomic E-state index is 12.1. The monoisotopic (exact) mass is 307 g/mol. The molecule has 0 aliphatic carbocycles. The number of piperidine rings is 1. The molecule has 114 valence electrons. The largest absolute Gasteiger partial charge is 0.444 e. The molecule has 3 heterocycles. The Morgan fingerprint density at radius 1 is 1.38 bits per heavy atom. The zero-order valence-electron chi connectivity index (χ0n) is 12.7. The van der Waals surface area contributed by atoms with E-state index in [0.717, 1.165) is 30.9 Å². The van der Waals surface area contributed by atoms with Crippen LogP contribution in [0.1, 0.15) is 45.2 Å². The Morgan fingerprint density at radius 3 is 2.76 bits per heavy atom. The second-order valence-electron chi connectivity index (χ2n) is 6.48. The smallest absolute Gasteiger partial charge is 0.410 e. The van der Waals surface area contributed by atoms with E-state index in [2.05, 4.69) is 21.0 Å². The summed E-state index contributed by atoms with van der Waals surface area (Å²) in [6, 6.07) is 0. The molecule has 1 fully saturated rings. The van der Waals surface area contributed by atoms with Gasteiger partial charge in [0.1, 0.15) is 5.60 Å². The average molecular weight is 307 g/mol. The lowest BCUT2D eigenvalue weighted by Gasteiger charge is -2.33. The molecule has 0 N–H and O–H groups in total. The highest BCUT2D eigenvalue weighted by Crippen LogP contribution is 2.30. The lowest BCUT2D eigenvalue weighted by atomic mass is 9.94. The van der Waals surface area contributed by atoms with Gasteiger partial charge in [-0.3, -0.25) is 4.40 Å². The Labute approximate surface area is 128 Å². The fraction of sp³-hybridized carbons (Fsp3) is 0.600. The molecule has 6 heteroatoms. The van der Waals surface area contributed by atoms with Crippen LogP contribution in [0.2, 0.25) is 0 Å². The van der Waals surface area contributed by atoms with Crippen LogP contribution in [0.25, 0.3) is 4.96 Å². The van der Waals surface area contributed by atoms with Gasteiger partial charge in [-0.15, -0.1) is 11.3 Å². The molecule has 5 nitrogen and oxygen atoms in total. The molecule has 2 aromatic heterocycles. The number of nitrogens with zero attached hydrogens (tertiary/aromatic N) is 3. The molecule has 1 saturated heterocycles. The van der Waals surface area contributed by atoms with Gasteiger partial charge in [0.05, 0.1) is 6.20 Å². The summed E-state index contributed by atoms with van der Waals surface area (Å²) in [6.07, 6.45) is 5.77. The van der Waals surface area contributed by atoms with Crippen LogP contribution in [0.5, 0.6) is 0 Å². The number of likely N-dealkylation sites (tertiary alicyclic amines) is 1. The fourth-order valence-corrected chi connectivity index (χ4v) is 3.43. The van der Waals surface area contributed by atoms with Gasteiger partial charge in [-0.25, -0.2) is 9.78 Å². The Hall–Kier alpha value is -1.56. The van der Waals surface area contributed by atoms with Crippen molar-refractivity contribution in [3.8, 4) is 0 Å². The molecule has 0 bridgehead atoms. The Kier molecular flexibility index (Phi) is 3.65. The van der Waals surface area contributed by atoms with Crippen molar-refractivity contribution in [2.45, 2.75) is 45.1 Å². The van der Waals surface area contributed by atoms with Crippen molar-refractivity contribution in [1.82, 2.24) is 14.3 Å². The van der Waals surface area contributed by atoms with Gasteiger partial charge in [0.25, 0.3) is 0 Å². The molecular formula is C15H21N3O2S. The molecule has 1 aliphatic heterocycles. The summed E-state index contributed by atoms with van der Waals surface area (Å²) < 4.78 is 7.60. The number of carbonyl (C=O) groups excluding carboxylic acids is 1. The first-order valence-corrected chi connectivity index (χ1v) is 8.20. The lowest BCUT2D eigenvalue weighted by Crippen LogP contribution is -2.41. The first-order chi connectivity index (χ1) is 9.94. The number of ether oxygens (including phenoxy) is 1. The van der Waals surface area contributed by atoms with Gasteiger partial charge >= 0.3 is 6.09 Å². The van der Waals surface area contributed by atoms with Crippen LogP contribution in [0.4, 0.5) is 4.79 Å². The lowest BCUT2D eigenvalue weighted by molar-refractivity contribution is 0.0204. The van der Waals surface area contributed by atoms with Crippen LogP contribution in [0, 0.1) is 0 Å². The van der Waals surface area contributed by atoms with Gasteiger partial charge in [0.15, 0.2) is 4.96 Å². The van der Waals surface area contributed by atoms with E-state index in [-0.39, 0.29) is 6.09 Å². The Bertz CT molecular complexity index is 633. The number of hydrogen-bond donors (Lipinski definition) is 0. The van der Waals surface area contributed by atoms with E-state index in [1.165, 1.54) is 5.69 Å². The summed E-state index contributed by atoms with van der Waals surface area (Å²) in [7, 11) is 0. The number of amides is 1. The summed E-state index contributed by atoms with van der Waals surface area (Å²) in [4.78, 5) is 19.4. The Morgan fingerprint density at radius 2 is 2.10 bits per heavy atom. The molecule has 0 aromatic carbocycles. The highest BCUT2D eigenvalue weighted by Gasteiger charge is 2.28. The first-order valence-electron chi connectivity index (χ1n) is 7.32. The van der Waals surface area contributed by atoms with E-state index in [0.29, 0.717) is 5.92 Å². The van der Waals surface area contributed by atoms with Gasteiger partial charge in [-0.2, -0.15) is 0 Å². The minimum Gasteiger partial charge on any atom is -0.444 e. The minimum absolute atomic E-state index is 0.199. The quantitative estimate of drug-likeness (QED) is 0.810. The number of imidazole rings is 1. The van der Waals surface area contributed by atoms with Gasteiger partial charge < -0.3 is 9.64 Å². The summed E-state index contributed by atoms with van der Waals surface area (Å²) in [5.41, 5.74) is 0.831. The standard InChI is InChI=1S/C15H21N3O2S/c1-15(2,3)20-14(19)17-6-4-11(5-7-17)12-10-16-13-18(12)8-9-21-13/h8-11H,4-7H2,1-3H3. The molecule has 0 radical (unpaired) electrons. The molecule has 0 spiro atoms. The van der Waals surface area contributed by atoms with E-state index < -0.39 is 5.60 Å². The van der Waals surface area contributed by atoms with E-state index in [1.54, 1.807) is 11.3 Å². The summed E-state index contributed by atoms with van der Waals surface area (Å²) in [5.74, 6) is 0.466. The van der Waals surface area contributed by atoms with Crippen LogP contribution in [-0.4, -0.2) is 39.1 Å². The maximum Gasteiger partial charge on any atom is 0.410 e. The highest BCUT2D eigenvalue weighted by atomic mass is 32.1. The van der Waals surface area contributed by atoms with Crippen molar-refractivity contribution in [2.24, 2.45) is 0 Å². The summed E-state index contributed by atoms with van der Waals surface area (Å²) >= 11 is 1.65. The van der Waals surface area contributed by atoms with E-state index in [4.69, 9.17) is 4.74 Å². The van der Waals surface area contributed by atoms with E-state index in [1.807, 2.05) is 31.9 Å². The second-order valence-corrected chi connectivity index (χ2v) is 7.35. The van der Waals surface area contributed by atoms with Crippen LogP contribution >= 0.6 is 11.3 Å². The van der Waals surface area contributed by atoms with Gasteiger partial charge in [-0.1, -0.05) is 0 Å². The van der Waals surface area contributed by atoms with Crippen molar-refractivity contribution in [2.75, 3.05) is 13.1 Å². The van der Waals surface area contributed by atoms with Crippen molar-refractivity contribution in [3.63, 3.8) is 0 Å². The van der Waals surface area contributed by atoms with Gasteiger partial charge in [0, 0.05) is 36.3 Å². The number of aromatic nitrogens is 2. The molecule has 0 atom stereocenters. The number of thiazole rings is 1. The Balaban J connectivity index is 1.63. The predicted octanol–water partition coefficient (Wildman–Crippen LogP) is 3.51. The number of hydrogen-bond acceptors (Lipinski definition) is 4. The third-order valence-corrected chi connectivity index (χ3v) is 4.51. The molecule has 1 aliphatic rings. The zero-order valence-corrected chi connectivity index (χ0v) is 13.5. The first kappa shape index (κ1) is 14.4. The predicted molar refractivity (Wildman–Crippen MR) is 82.9 cm³/mol. The number of rotatable bonds is 1. The van der Waals surface area contributed by atoms with Crippen molar-refractivity contribution in [3.05, 3.63) is 23.5 Å². The van der Waals surface area contributed by atoms with Gasteiger partial charge in [0.2, 0.25) is 0 Å². The molecule has 0 unspecified atom stereocenters. The zero-order chi connectivity index (χ0) is 15.0. The third-order valence-electron chi connectivity index (χ3n) is 3.74. The van der Waals surface area contributed by atoms with E-state index >= 15 is 0 Å². The third kappa shape index (κ3) is 3.05. The number of carbonyl (C=O) groups is 1. The fourth-order valence-electron chi connectivity index (χ4n) is 2.73. The van der Waals surface area contributed by atoms with Crippen LogP contribution in [0.15, 0.2) is 17.8 Å². The highest BCUT2D eigenvalue weighted by molar-refractivity contribution is 7.15. The molecule has 2 aromatic rings.